The first kappa shape index (κ1) is 17.8. The maximum absolute atomic E-state index is 12.4. The fraction of sp³-hybridized carbons (Fsp3) is 0.368. The summed E-state index contributed by atoms with van der Waals surface area (Å²) >= 11 is 0. The molecule has 0 unspecified atom stereocenters. The van der Waals surface area contributed by atoms with Crippen molar-refractivity contribution in [3.8, 4) is 0 Å². The molecule has 0 radical (unpaired) electrons. The number of hydrogen-bond acceptors (Lipinski definition) is 6. The van der Waals surface area contributed by atoms with Crippen molar-refractivity contribution in [2.45, 2.75) is 40.2 Å². The second kappa shape index (κ2) is 7.11. The summed E-state index contributed by atoms with van der Waals surface area (Å²) in [6.45, 7) is 5.70. The number of aryl methyl sites for hydroxylation is 3. The molecule has 1 aromatic heterocycles. The van der Waals surface area contributed by atoms with Crippen molar-refractivity contribution in [1.29, 1.82) is 0 Å². The molecular formula is C19H20N2O5. The molecule has 136 valence electrons. The van der Waals surface area contributed by atoms with E-state index in [0.717, 1.165) is 11.1 Å². The summed E-state index contributed by atoms with van der Waals surface area (Å²) in [6, 6.07) is 5.19. The van der Waals surface area contributed by atoms with Crippen LogP contribution >= 0.6 is 0 Å². The van der Waals surface area contributed by atoms with Crippen LogP contribution in [0.15, 0.2) is 22.7 Å². The summed E-state index contributed by atoms with van der Waals surface area (Å²) in [6.07, 6.45) is 0.473. The zero-order valence-corrected chi connectivity index (χ0v) is 15.0. The normalized spacial score (nSPS) is 13.3. The second-order valence-electron chi connectivity index (χ2n) is 6.38. The number of aromatic nitrogens is 1. The van der Waals surface area contributed by atoms with Gasteiger partial charge in [0.15, 0.2) is 0 Å². The predicted molar refractivity (Wildman–Crippen MR) is 91.6 cm³/mol. The summed E-state index contributed by atoms with van der Waals surface area (Å²) in [5.74, 6) is -0.388. The molecule has 1 aliphatic heterocycles. The molecule has 7 heteroatoms. The minimum absolute atomic E-state index is 0.103. The molecule has 1 aliphatic rings. The summed E-state index contributed by atoms with van der Waals surface area (Å²) in [5.41, 5.74) is 3.22. The maximum atomic E-state index is 12.4. The number of carbonyl (C=O) groups excluding carboxylic acids is 3. The van der Waals surface area contributed by atoms with Crippen LogP contribution in [-0.2, 0) is 16.1 Å². The highest BCUT2D eigenvalue weighted by Crippen LogP contribution is 2.24. The molecule has 0 spiro atoms. The molecule has 0 fully saturated rings. The van der Waals surface area contributed by atoms with Crippen LogP contribution in [0, 0.1) is 20.8 Å². The first-order valence-electron chi connectivity index (χ1n) is 8.42. The van der Waals surface area contributed by atoms with Crippen LogP contribution in [0.5, 0.6) is 0 Å². The molecule has 2 amide bonds. The highest BCUT2D eigenvalue weighted by Gasteiger charge is 2.35. The zero-order valence-electron chi connectivity index (χ0n) is 15.0. The van der Waals surface area contributed by atoms with Gasteiger partial charge in [-0.05, 0) is 39.3 Å². The van der Waals surface area contributed by atoms with E-state index in [-0.39, 0.29) is 31.4 Å². The smallest absolute Gasteiger partial charge is 0.306 e. The Kier molecular flexibility index (Phi) is 4.88. The number of ether oxygens (including phenoxy) is 1. The van der Waals surface area contributed by atoms with Gasteiger partial charge in [0.2, 0.25) is 0 Å². The number of hydrogen-bond donors (Lipinski definition) is 0. The van der Waals surface area contributed by atoms with Gasteiger partial charge in [-0.1, -0.05) is 16.8 Å². The van der Waals surface area contributed by atoms with Gasteiger partial charge in [0.1, 0.15) is 12.4 Å². The standard InChI is InChI=1S/C19H20N2O5/c1-11-6-7-14-15(9-11)19(24)21(18(14)23)8-4-5-17(22)25-10-16-12(2)20-26-13(16)3/h6-7,9H,4-5,8,10H2,1-3H3. The molecule has 0 saturated heterocycles. The zero-order chi connectivity index (χ0) is 18.8. The van der Waals surface area contributed by atoms with Crippen LogP contribution < -0.4 is 0 Å². The van der Waals surface area contributed by atoms with E-state index >= 15 is 0 Å². The molecule has 7 nitrogen and oxygen atoms in total. The molecule has 0 saturated carbocycles. The molecule has 2 heterocycles. The van der Waals surface area contributed by atoms with Crippen LogP contribution in [0.1, 0.15) is 56.1 Å². The number of fused-ring (bicyclic) bond motifs is 1. The van der Waals surface area contributed by atoms with Crippen LogP contribution in [0.25, 0.3) is 0 Å². The lowest BCUT2D eigenvalue weighted by Gasteiger charge is -2.13. The van der Waals surface area contributed by atoms with Gasteiger partial charge in [0, 0.05) is 13.0 Å². The van der Waals surface area contributed by atoms with Crippen molar-refractivity contribution in [3.63, 3.8) is 0 Å². The molecule has 0 atom stereocenters. The van der Waals surface area contributed by atoms with E-state index in [2.05, 4.69) is 5.16 Å². The fourth-order valence-corrected chi connectivity index (χ4v) is 2.92. The van der Waals surface area contributed by atoms with Gasteiger partial charge < -0.3 is 9.26 Å². The van der Waals surface area contributed by atoms with E-state index in [1.165, 1.54) is 4.90 Å². The van der Waals surface area contributed by atoms with Gasteiger partial charge in [0.25, 0.3) is 11.8 Å². The highest BCUT2D eigenvalue weighted by atomic mass is 16.5. The molecule has 2 aromatic rings. The van der Waals surface area contributed by atoms with Crippen molar-refractivity contribution in [1.82, 2.24) is 10.1 Å². The van der Waals surface area contributed by atoms with Crippen LogP contribution in [-0.4, -0.2) is 34.4 Å². The molecule has 0 bridgehead atoms. The SMILES string of the molecule is Cc1ccc2c(c1)C(=O)N(CCCC(=O)OCc1c(C)noc1C)C2=O. The lowest BCUT2D eigenvalue weighted by molar-refractivity contribution is -0.145. The third kappa shape index (κ3) is 3.37. The number of amides is 2. The second-order valence-corrected chi connectivity index (χ2v) is 6.38. The minimum atomic E-state index is -0.391. The Morgan fingerprint density at radius 2 is 1.88 bits per heavy atom. The van der Waals surface area contributed by atoms with Gasteiger partial charge in [-0.15, -0.1) is 0 Å². The molecule has 0 aliphatic carbocycles. The van der Waals surface area contributed by atoms with Crippen LogP contribution in [0.4, 0.5) is 0 Å². The Balaban J connectivity index is 1.50. The van der Waals surface area contributed by atoms with Gasteiger partial charge in [-0.2, -0.15) is 0 Å². The Hall–Kier alpha value is -2.96. The van der Waals surface area contributed by atoms with Crippen molar-refractivity contribution in [2.75, 3.05) is 6.54 Å². The number of rotatable bonds is 6. The van der Waals surface area contributed by atoms with E-state index in [4.69, 9.17) is 9.26 Å². The molecule has 0 N–H and O–H groups in total. The monoisotopic (exact) mass is 356 g/mol. The summed E-state index contributed by atoms with van der Waals surface area (Å²) in [4.78, 5) is 37.8. The molecule has 3 rings (SSSR count). The van der Waals surface area contributed by atoms with Crippen molar-refractivity contribution in [2.24, 2.45) is 0 Å². The molecule has 1 aromatic carbocycles. The first-order chi connectivity index (χ1) is 12.4. The third-order valence-corrected chi connectivity index (χ3v) is 4.45. The number of benzene rings is 1. The quantitative estimate of drug-likeness (QED) is 0.584. The number of esters is 1. The average molecular weight is 356 g/mol. The van der Waals surface area contributed by atoms with Gasteiger partial charge in [-0.3, -0.25) is 19.3 Å². The average Bonchev–Trinajstić information content (AvgIpc) is 3.04. The lowest BCUT2D eigenvalue weighted by Crippen LogP contribution is -2.31. The summed E-state index contributed by atoms with van der Waals surface area (Å²) < 4.78 is 10.2. The Bertz CT molecular complexity index is 865. The number of imide groups is 1. The van der Waals surface area contributed by atoms with E-state index in [9.17, 15) is 14.4 Å². The summed E-state index contributed by atoms with van der Waals surface area (Å²) in [5, 5.41) is 3.80. The number of carbonyl (C=O) groups is 3. The minimum Gasteiger partial charge on any atom is -0.461 e. The Morgan fingerprint density at radius 3 is 2.58 bits per heavy atom. The lowest BCUT2D eigenvalue weighted by atomic mass is 10.1. The van der Waals surface area contributed by atoms with Gasteiger partial charge >= 0.3 is 5.97 Å². The van der Waals surface area contributed by atoms with E-state index in [1.54, 1.807) is 32.0 Å². The Labute approximate surface area is 150 Å². The van der Waals surface area contributed by atoms with Gasteiger partial charge in [0.05, 0.1) is 22.4 Å². The fourth-order valence-electron chi connectivity index (χ4n) is 2.92. The van der Waals surface area contributed by atoms with Crippen LogP contribution in [0.3, 0.4) is 0 Å². The first-order valence-corrected chi connectivity index (χ1v) is 8.42. The van der Waals surface area contributed by atoms with Crippen molar-refractivity contribution in [3.05, 3.63) is 51.9 Å². The largest absolute Gasteiger partial charge is 0.461 e. The van der Waals surface area contributed by atoms with Crippen molar-refractivity contribution < 1.29 is 23.6 Å². The van der Waals surface area contributed by atoms with E-state index < -0.39 is 5.97 Å². The predicted octanol–water partition coefficient (Wildman–Crippen LogP) is 2.72. The molecule has 26 heavy (non-hydrogen) atoms. The van der Waals surface area contributed by atoms with Crippen molar-refractivity contribution >= 4 is 17.8 Å². The van der Waals surface area contributed by atoms with E-state index in [0.29, 0.717) is 29.0 Å². The highest BCUT2D eigenvalue weighted by molar-refractivity contribution is 6.21. The maximum Gasteiger partial charge on any atom is 0.306 e. The number of nitrogens with zero attached hydrogens (tertiary/aromatic N) is 2. The van der Waals surface area contributed by atoms with Gasteiger partial charge in [-0.25, -0.2) is 0 Å². The van der Waals surface area contributed by atoms with Crippen LogP contribution in [0.2, 0.25) is 0 Å². The Morgan fingerprint density at radius 1 is 1.15 bits per heavy atom. The topological polar surface area (TPSA) is 89.7 Å². The third-order valence-electron chi connectivity index (χ3n) is 4.45. The summed E-state index contributed by atoms with van der Waals surface area (Å²) in [7, 11) is 0. The molecular weight excluding hydrogens is 336 g/mol. The van der Waals surface area contributed by atoms with E-state index in [1.807, 2.05) is 6.92 Å².